The number of morpholine rings is 1. The highest BCUT2D eigenvalue weighted by Gasteiger charge is 2.24. The number of rotatable bonds is 10. The highest BCUT2D eigenvalue weighted by Crippen LogP contribution is 2.30. The van der Waals surface area contributed by atoms with E-state index in [2.05, 4.69) is 50.8 Å². The fourth-order valence-corrected chi connectivity index (χ4v) is 5.47. The number of nitrogens with zero attached hydrogens (tertiary/aromatic N) is 9. The molecule has 2 fully saturated rings. The van der Waals surface area contributed by atoms with Gasteiger partial charge < -0.3 is 25.2 Å². The molecule has 2 aliphatic heterocycles. The maximum atomic E-state index is 13.2. The molecule has 0 spiro atoms. The van der Waals surface area contributed by atoms with Crippen molar-refractivity contribution < 1.29 is 22.7 Å². The monoisotopic (exact) mass is 647 g/mol. The minimum absolute atomic E-state index is 0.157. The van der Waals surface area contributed by atoms with E-state index >= 15 is 0 Å². The van der Waals surface area contributed by atoms with Crippen molar-refractivity contribution in [2.24, 2.45) is 0 Å². The Morgan fingerprint density at radius 3 is 2.48 bits per heavy atom. The maximum absolute atomic E-state index is 13.2. The van der Waals surface area contributed by atoms with Crippen LogP contribution in [0.1, 0.15) is 27.4 Å². The lowest BCUT2D eigenvalue weighted by molar-refractivity contribution is 0.0374. The summed E-state index contributed by atoms with van der Waals surface area (Å²) in [7, 11) is -1.73. The van der Waals surface area contributed by atoms with Crippen molar-refractivity contribution in [3.63, 3.8) is 0 Å². The van der Waals surface area contributed by atoms with Crippen LogP contribution in [0.4, 0.5) is 11.4 Å². The summed E-state index contributed by atoms with van der Waals surface area (Å²) in [5, 5.41) is 20.2. The zero-order chi connectivity index (χ0) is 31.3. The predicted molar refractivity (Wildman–Crippen MR) is 161 cm³/mol. The molecule has 1 aromatic carbocycles. The summed E-state index contributed by atoms with van der Waals surface area (Å²) in [4.78, 5) is 36.3. The number of carbonyl (C=O) groups is 2. The Morgan fingerprint density at radius 1 is 1.02 bits per heavy atom. The van der Waals surface area contributed by atoms with E-state index in [9.17, 15) is 18.0 Å². The summed E-state index contributed by atoms with van der Waals surface area (Å²) in [5.74, 6) is -1.06. The zero-order valence-electron chi connectivity index (χ0n) is 24.4. The molecule has 16 nitrogen and oxygen atoms in total. The molecule has 5 rings (SSSR count). The Morgan fingerprint density at radius 2 is 1.77 bits per heavy atom. The smallest absolute Gasteiger partial charge is 0.279 e. The quantitative estimate of drug-likeness (QED) is 0.280. The van der Waals surface area contributed by atoms with Gasteiger partial charge in [-0.3, -0.25) is 14.5 Å². The van der Waals surface area contributed by atoms with Crippen LogP contribution in [-0.2, 0) is 14.6 Å². The Labute approximate surface area is 259 Å². The zero-order valence-corrected chi connectivity index (χ0v) is 26.0. The van der Waals surface area contributed by atoms with Gasteiger partial charge in [0.2, 0.25) is 9.84 Å². The van der Waals surface area contributed by atoms with Crippen molar-refractivity contribution in [3.05, 3.63) is 40.9 Å². The van der Waals surface area contributed by atoms with Gasteiger partial charge >= 0.3 is 0 Å². The summed E-state index contributed by atoms with van der Waals surface area (Å²) in [5.41, 5.74) is 1.54. The van der Waals surface area contributed by atoms with Crippen molar-refractivity contribution in [2.75, 3.05) is 89.1 Å². The number of halogens is 1. The van der Waals surface area contributed by atoms with Crippen molar-refractivity contribution >= 4 is 44.6 Å². The van der Waals surface area contributed by atoms with Gasteiger partial charge in [0.05, 0.1) is 36.5 Å². The van der Waals surface area contributed by atoms with Gasteiger partial charge in [-0.1, -0.05) is 16.8 Å². The minimum atomic E-state index is -3.77. The summed E-state index contributed by atoms with van der Waals surface area (Å²) < 4.78 is 30.3. The highest BCUT2D eigenvalue weighted by atomic mass is 35.5. The Kier molecular flexibility index (Phi) is 10.00. The highest BCUT2D eigenvalue weighted by molar-refractivity contribution is 7.90. The number of hydrogen-bond acceptors (Lipinski definition) is 13. The van der Waals surface area contributed by atoms with Crippen LogP contribution < -0.4 is 15.5 Å². The van der Waals surface area contributed by atoms with E-state index in [1.165, 1.54) is 10.9 Å². The molecule has 0 aliphatic carbocycles. The van der Waals surface area contributed by atoms with E-state index in [0.29, 0.717) is 17.9 Å². The Bertz CT molecular complexity index is 1610. The van der Waals surface area contributed by atoms with Gasteiger partial charge in [0.1, 0.15) is 0 Å². The number of amides is 2. The lowest BCUT2D eigenvalue weighted by atomic mass is 10.2. The third-order valence-corrected chi connectivity index (χ3v) is 8.37. The second-order valence-corrected chi connectivity index (χ2v) is 12.8. The molecule has 2 aliphatic rings. The molecule has 0 radical (unpaired) electrons. The van der Waals surface area contributed by atoms with Crippen LogP contribution in [0, 0.1) is 0 Å². The number of hydrogen-bond donors (Lipinski definition) is 2. The topological polar surface area (TPSA) is 181 Å². The van der Waals surface area contributed by atoms with Crippen LogP contribution in [0.2, 0.25) is 5.15 Å². The number of likely N-dealkylation sites (N-methyl/N-ethyl adjacent to an activating group) is 1. The first-order valence-electron chi connectivity index (χ1n) is 14.1. The molecule has 18 heteroatoms. The second-order valence-electron chi connectivity index (χ2n) is 10.6. The summed E-state index contributed by atoms with van der Waals surface area (Å²) in [6, 6.07) is 5.36. The van der Waals surface area contributed by atoms with Gasteiger partial charge in [0.15, 0.2) is 16.5 Å². The van der Waals surface area contributed by atoms with Crippen molar-refractivity contribution in [3.8, 4) is 5.69 Å². The van der Waals surface area contributed by atoms with Gasteiger partial charge in [-0.05, 0) is 38.2 Å². The van der Waals surface area contributed by atoms with Crippen LogP contribution in [0.3, 0.4) is 0 Å². The molecule has 3 aromatic rings. The van der Waals surface area contributed by atoms with Gasteiger partial charge in [-0.2, -0.15) is 0 Å². The molecule has 0 atom stereocenters. The van der Waals surface area contributed by atoms with Crippen molar-refractivity contribution in [1.82, 2.24) is 45.3 Å². The van der Waals surface area contributed by atoms with E-state index in [4.69, 9.17) is 16.3 Å². The average molecular weight is 648 g/mol. The Balaban J connectivity index is 1.32. The predicted octanol–water partition coefficient (Wildman–Crippen LogP) is -0.0346. The normalized spacial score (nSPS) is 16.6. The van der Waals surface area contributed by atoms with Crippen molar-refractivity contribution in [2.45, 2.75) is 11.6 Å². The van der Waals surface area contributed by atoms with Crippen LogP contribution in [0.15, 0.2) is 29.6 Å². The van der Waals surface area contributed by atoms with Gasteiger partial charge in [0, 0.05) is 52.1 Å². The number of ether oxygens (including phenoxy) is 1. The molecular formula is C26H34ClN11O5S. The van der Waals surface area contributed by atoms with Crippen LogP contribution in [0.25, 0.3) is 5.69 Å². The fourth-order valence-electron chi connectivity index (χ4n) is 4.77. The number of nitrogens with one attached hydrogen (secondary N) is 2. The van der Waals surface area contributed by atoms with Crippen molar-refractivity contribution in [1.29, 1.82) is 0 Å². The third-order valence-electron chi connectivity index (χ3n) is 7.27. The van der Waals surface area contributed by atoms with E-state index < -0.39 is 26.1 Å². The number of sulfone groups is 1. The van der Waals surface area contributed by atoms with Crippen LogP contribution >= 0.6 is 11.6 Å². The second kappa shape index (κ2) is 13.9. The lowest BCUT2D eigenvalue weighted by Crippen LogP contribution is -2.44. The van der Waals surface area contributed by atoms with Gasteiger partial charge in [-0.25, -0.2) is 18.1 Å². The van der Waals surface area contributed by atoms with Crippen LogP contribution in [-0.4, -0.2) is 139 Å². The third kappa shape index (κ3) is 7.84. The fraction of sp³-hybridized carbons (Fsp3) is 0.500. The molecule has 236 valence electrons. The number of anilines is 2. The SMILES string of the molecule is CN1CCN(c2ccc(-n3cc(C(=O)NCCCN4CCOCC4)nn3)cc2NC(=O)c2nnc(S(C)(=O)=O)nc2Cl)CC1. The molecule has 2 amide bonds. The molecule has 2 N–H and O–H groups in total. The number of aromatic nitrogens is 6. The number of piperazine rings is 1. The molecule has 2 aromatic heterocycles. The first kappa shape index (κ1) is 31.6. The number of benzene rings is 1. The first-order valence-corrected chi connectivity index (χ1v) is 16.4. The minimum Gasteiger partial charge on any atom is -0.379 e. The maximum Gasteiger partial charge on any atom is 0.279 e. The first-order chi connectivity index (χ1) is 21.1. The van der Waals surface area contributed by atoms with Gasteiger partial charge in [0.25, 0.3) is 17.0 Å². The van der Waals surface area contributed by atoms with Gasteiger partial charge in [-0.15, -0.1) is 15.3 Å². The standard InChI is InChI=1S/C26H34ClN11O5S/c1-35-8-10-37(11-9-35)21-5-4-18(16-19(21)29-25(40)22-23(27)30-26(33-32-22)44(2,41)42)38-17-20(31-34-38)24(39)28-6-3-7-36-12-14-43-15-13-36/h4-5,16-17H,3,6-15H2,1-2H3,(H,28,39)(H,29,40). The molecule has 0 saturated carbocycles. The van der Waals surface area contributed by atoms with Crippen LogP contribution in [0.5, 0.6) is 0 Å². The summed E-state index contributed by atoms with van der Waals surface area (Å²) >= 11 is 6.12. The summed E-state index contributed by atoms with van der Waals surface area (Å²) in [6.07, 6.45) is 3.24. The lowest BCUT2D eigenvalue weighted by Gasteiger charge is -2.35. The van der Waals surface area contributed by atoms with E-state index in [1.54, 1.807) is 6.07 Å². The average Bonchev–Trinajstić information content (AvgIpc) is 3.50. The number of carbonyl (C=O) groups excluding carboxylic acids is 2. The molecule has 0 bridgehead atoms. The summed E-state index contributed by atoms with van der Waals surface area (Å²) in [6.45, 7) is 7.74. The molecular weight excluding hydrogens is 614 g/mol. The molecule has 4 heterocycles. The van der Waals surface area contributed by atoms with E-state index in [-0.39, 0.29) is 17.3 Å². The molecule has 2 saturated heterocycles. The Hall–Kier alpha value is -3.77. The van der Waals surface area contributed by atoms with E-state index in [1.807, 2.05) is 19.2 Å². The molecule has 44 heavy (non-hydrogen) atoms. The molecule has 0 unspecified atom stereocenters. The van der Waals surface area contributed by atoms with E-state index in [0.717, 1.165) is 77.4 Å². The largest absolute Gasteiger partial charge is 0.379 e.